The Morgan fingerprint density at radius 1 is 1.32 bits per heavy atom. The summed E-state index contributed by atoms with van der Waals surface area (Å²) < 4.78 is 10.5. The summed E-state index contributed by atoms with van der Waals surface area (Å²) in [5.41, 5.74) is 6.86. The Hall–Kier alpha value is -1.95. The van der Waals surface area contributed by atoms with Crippen LogP contribution in [-0.4, -0.2) is 37.9 Å². The second-order valence-corrected chi connectivity index (χ2v) is 5.53. The fourth-order valence-electron chi connectivity index (χ4n) is 2.70. The molecule has 6 heteroatoms. The van der Waals surface area contributed by atoms with Crippen LogP contribution in [0.4, 0.5) is 0 Å². The number of aliphatic hydroxyl groups excluding tert-OH is 1. The van der Waals surface area contributed by atoms with E-state index in [9.17, 15) is 5.11 Å². The number of aliphatic imine (C=N–C) groups is 1. The Morgan fingerprint density at radius 3 is 2.73 bits per heavy atom. The van der Waals surface area contributed by atoms with Gasteiger partial charge in [-0.3, -0.25) is 0 Å². The number of methoxy groups -OCH3 is 2. The van der Waals surface area contributed by atoms with Gasteiger partial charge in [-0.2, -0.15) is 0 Å². The standard InChI is InChI=1S/C16H25N3O3/c1-21-14-7-6-11(8-15(14)22-2)9-18-16(17)19-10-12-4-3-5-13(12)20/h6-8,12-13,20H,3-5,9-10H2,1-2H3,(H3,17,18,19). The number of benzene rings is 1. The molecular weight excluding hydrogens is 282 g/mol. The molecular formula is C16H25N3O3. The lowest BCUT2D eigenvalue weighted by Gasteiger charge is -2.15. The quantitative estimate of drug-likeness (QED) is 0.544. The van der Waals surface area contributed by atoms with Gasteiger partial charge in [-0.15, -0.1) is 0 Å². The van der Waals surface area contributed by atoms with Gasteiger partial charge in [0.05, 0.1) is 26.9 Å². The Labute approximate surface area is 131 Å². The van der Waals surface area contributed by atoms with Crippen LogP contribution in [0.5, 0.6) is 11.5 Å². The molecule has 1 fully saturated rings. The van der Waals surface area contributed by atoms with Gasteiger partial charge in [-0.05, 0) is 30.5 Å². The Bertz CT molecular complexity index is 519. The minimum absolute atomic E-state index is 0.217. The topological polar surface area (TPSA) is 89.1 Å². The van der Waals surface area contributed by atoms with Crippen LogP contribution in [0.2, 0.25) is 0 Å². The maximum absolute atomic E-state index is 9.77. The highest BCUT2D eigenvalue weighted by Gasteiger charge is 2.24. The van der Waals surface area contributed by atoms with E-state index in [1.807, 2.05) is 18.2 Å². The van der Waals surface area contributed by atoms with Gasteiger partial charge in [0, 0.05) is 12.5 Å². The zero-order valence-corrected chi connectivity index (χ0v) is 13.2. The summed E-state index contributed by atoms with van der Waals surface area (Å²) >= 11 is 0. The van der Waals surface area contributed by atoms with Crippen molar-refractivity contribution in [3.8, 4) is 11.5 Å². The zero-order chi connectivity index (χ0) is 15.9. The molecule has 0 saturated heterocycles. The molecule has 0 bridgehead atoms. The van der Waals surface area contributed by atoms with E-state index in [4.69, 9.17) is 15.2 Å². The van der Waals surface area contributed by atoms with Crippen LogP contribution >= 0.6 is 0 Å². The fraction of sp³-hybridized carbons (Fsp3) is 0.562. The first-order chi connectivity index (χ1) is 10.6. The molecule has 0 aliphatic heterocycles. The SMILES string of the molecule is COc1ccc(CN=C(N)NCC2CCCC2O)cc1OC. The number of hydrogen-bond donors (Lipinski definition) is 3. The number of ether oxygens (including phenoxy) is 2. The summed E-state index contributed by atoms with van der Waals surface area (Å²) in [6.45, 7) is 1.13. The van der Waals surface area contributed by atoms with E-state index in [1.165, 1.54) is 0 Å². The molecule has 0 radical (unpaired) electrons. The molecule has 122 valence electrons. The number of hydrogen-bond acceptors (Lipinski definition) is 4. The van der Waals surface area contributed by atoms with E-state index in [1.54, 1.807) is 14.2 Å². The molecule has 2 atom stereocenters. The molecule has 22 heavy (non-hydrogen) atoms. The highest BCUT2D eigenvalue weighted by atomic mass is 16.5. The third-order valence-electron chi connectivity index (χ3n) is 4.04. The van der Waals surface area contributed by atoms with E-state index < -0.39 is 0 Å². The van der Waals surface area contributed by atoms with Crippen molar-refractivity contribution in [1.82, 2.24) is 5.32 Å². The van der Waals surface area contributed by atoms with Gasteiger partial charge in [-0.1, -0.05) is 12.5 Å². The number of nitrogens with two attached hydrogens (primary N) is 1. The lowest BCUT2D eigenvalue weighted by molar-refractivity contribution is 0.134. The highest BCUT2D eigenvalue weighted by molar-refractivity contribution is 5.77. The molecule has 1 aromatic rings. The van der Waals surface area contributed by atoms with Crippen molar-refractivity contribution in [2.75, 3.05) is 20.8 Å². The van der Waals surface area contributed by atoms with Crippen molar-refractivity contribution in [1.29, 1.82) is 0 Å². The first-order valence-electron chi connectivity index (χ1n) is 7.56. The molecule has 1 aliphatic rings. The molecule has 0 aromatic heterocycles. The lowest BCUT2D eigenvalue weighted by atomic mass is 10.1. The Morgan fingerprint density at radius 2 is 2.09 bits per heavy atom. The predicted octanol–water partition coefficient (Wildman–Crippen LogP) is 1.27. The third-order valence-corrected chi connectivity index (χ3v) is 4.04. The summed E-state index contributed by atoms with van der Waals surface area (Å²) in [4.78, 5) is 4.32. The summed E-state index contributed by atoms with van der Waals surface area (Å²) in [6.07, 6.45) is 2.79. The summed E-state index contributed by atoms with van der Waals surface area (Å²) in [5, 5.41) is 12.9. The lowest BCUT2D eigenvalue weighted by Crippen LogP contribution is -2.37. The van der Waals surface area contributed by atoms with Crippen molar-refractivity contribution < 1.29 is 14.6 Å². The smallest absolute Gasteiger partial charge is 0.188 e. The molecule has 0 heterocycles. The van der Waals surface area contributed by atoms with Crippen LogP contribution in [0.3, 0.4) is 0 Å². The van der Waals surface area contributed by atoms with Gasteiger partial charge in [-0.25, -0.2) is 4.99 Å². The molecule has 6 nitrogen and oxygen atoms in total. The van der Waals surface area contributed by atoms with E-state index in [0.29, 0.717) is 30.5 Å². The number of guanidine groups is 1. The van der Waals surface area contributed by atoms with Crippen molar-refractivity contribution >= 4 is 5.96 Å². The molecule has 0 amide bonds. The van der Waals surface area contributed by atoms with E-state index in [0.717, 1.165) is 24.8 Å². The van der Waals surface area contributed by atoms with Crippen LogP contribution < -0.4 is 20.5 Å². The van der Waals surface area contributed by atoms with Crippen LogP contribution in [0.25, 0.3) is 0 Å². The second-order valence-electron chi connectivity index (χ2n) is 5.53. The molecule has 1 aliphatic carbocycles. The van der Waals surface area contributed by atoms with Gasteiger partial charge in [0.2, 0.25) is 0 Å². The molecule has 4 N–H and O–H groups in total. The molecule has 0 spiro atoms. The van der Waals surface area contributed by atoms with Crippen molar-refractivity contribution in [2.24, 2.45) is 16.6 Å². The maximum atomic E-state index is 9.77. The van der Waals surface area contributed by atoms with Gasteiger partial charge < -0.3 is 25.6 Å². The van der Waals surface area contributed by atoms with E-state index in [-0.39, 0.29) is 12.0 Å². The summed E-state index contributed by atoms with van der Waals surface area (Å²) in [6, 6.07) is 5.66. The van der Waals surface area contributed by atoms with E-state index >= 15 is 0 Å². The van der Waals surface area contributed by atoms with Crippen LogP contribution in [0, 0.1) is 5.92 Å². The first-order valence-corrected chi connectivity index (χ1v) is 7.56. The normalized spacial score (nSPS) is 21.7. The number of nitrogens with one attached hydrogen (secondary N) is 1. The minimum Gasteiger partial charge on any atom is -0.493 e. The van der Waals surface area contributed by atoms with Crippen molar-refractivity contribution in [3.63, 3.8) is 0 Å². The summed E-state index contributed by atoms with van der Waals surface area (Å²) in [5.74, 6) is 2.04. The van der Waals surface area contributed by atoms with Gasteiger partial charge in [0.15, 0.2) is 17.5 Å². The Balaban J connectivity index is 1.87. The van der Waals surface area contributed by atoms with Crippen molar-refractivity contribution in [3.05, 3.63) is 23.8 Å². The summed E-state index contributed by atoms with van der Waals surface area (Å²) in [7, 11) is 3.21. The van der Waals surface area contributed by atoms with Crippen molar-refractivity contribution in [2.45, 2.75) is 31.9 Å². The predicted molar refractivity (Wildman–Crippen MR) is 86.2 cm³/mol. The van der Waals surface area contributed by atoms with Crippen LogP contribution in [0.15, 0.2) is 23.2 Å². The van der Waals surface area contributed by atoms with Crippen LogP contribution in [-0.2, 0) is 6.54 Å². The zero-order valence-electron chi connectivity index (χ0n) is 13.2. The highest BCUT2D eigenvalue weighted by Crippen LogP contribution is 2.27. The molecule has 1 saturated carbocycles. The molecule has 1 aromatic carbocycles. The first kappa shape index (κ1) is 16.4. The van der Waals surface area contributed by atoms with Gasteiger partial charge >= 0.3 is 0 Å². The number of aliphatic hydroxyl groups is 1. The van der Waals surface area contributed by atoms with Gasteiger partial charge in [0.25, 0.3) is 0 Å². The van der Waals surface area contributed by atoms with E-state index in [2.05, 4.69) is 10.3 Å². The second kappa shape index (κ2) is 7.89. The van der Waals surface area contributed by atoms with Crippen LogP contribution in [0.1, 0.15) is 24.8 Å². The number of nitrogens with zero attached hydrogens (tertiary/aromatic N) is 1. The minimum atomic E-state index is -0.217. The number of rotatable bonds is 6. The fourth-order valence-corrected chi connectivity index (χ4v) is 2.70. The average molecular weight is 307 g/mol. The largest absolute Gasteiger partial charge is 0.493 e. The third kappa shape index (κ3) is 4.27. The molecule has 2 unspecified atom stereocenters. The Kier molecular flexibility index (Phi) is 5.89. The van der Waals surface area contributed by atoms with Gasteiger partial charge in [0.1, 0.15) is 0 Å². The maximum Gasteiger partial charge on any atom is 0.188 e. The monoisotopic (exact) mass is 307 g/mol. The molecule has 2 rings (SSSR count). The average Bonchev–Trinajstić information content (AvgIpc) is 2.95.